The predicted molar refractivity (Wildman–Crippen MR) is 105 cm³/mol. The standard InChI is InChI=1S/C21H22FN5O2/c1-14(28)25-8-2-3-15-4-5-17(22)11-18(15)19-7-10-29-27(19)20-6-9-26-21(24-20)16(13-25)12-23-26/h4-6,9,11-12,19H,2-3,7-8,10,13H2,1H3/t19-/m1/s1. The zero-order valence-corrected chi connectivity index (χ0v) is 16.2. The molecule has 0 aliphatic carbocycles. The van der Waals surface area contributed by atoms with Crippen LogP contribution in [0.5, 0.6) is 0 Å². The van der Waals surface area contributed by atoms with Gasteiger partial charge in [-0.05, 0) is 36.1 Å². The number of carbonyl (C=O) groups excluding carboxylic acids is 1. The first-order valence-corrected chi connectivity index (χ1v) is 9.89. The van der Waals surface area contributed by atoms with Crippen LogP contribution < -0.4 is 5.06 Å². The molecule has 0 saturated carbocycles. The maximum atomic E-state index is 14.1. The summed E-state index contributed by atoms with van der Waals surface area (Å²) in [5.74, 6) is 0.413. The molecule has 0 spiro atoms. The Morgan fingerprint density at radius 2 is 2.17 bits per heavy atom. The molecule has 150 valence electrons. The average molecular weight is 395 g/mol. The second-order valence-corrected chi connectivity index (χ2v) is 7.57. The van der Waals surface area contributed by atoms with Crippen molar-refractivity contribution in [1.82, 2.24) is 19.5 Å². The van der Waals surface area contributed by atoms with Gasteiger partial charge in [0.15, 0.2) is 11.5 Å². The van der Waals surface area contributed by atoms with Gasteiger partial charge < -0.3 is 4.90 Å². The van der Waals surface area contributed by atoms with Crippen LogP contribution in [0.1, 0.15) is 42.5 Å². The molecule has 2 aliphatic rings. The number of halogens is 1. The zero-order chi connectivity index (χ0) is 20.0. The fraction of sp³-hybridized carbons (Fsp3) is 0.381. The molecular formula is C21H22FN5O2. The first-order valence-electron chi connectivity index (χ1n) is 9.89. The Kier molecular flexibility index (Phi) is 4.43. The number of aryl methyl sites for hydroxylation is 1. The van der Waals surface area contributed by atoms with Gasteiger partial charge in [-0.2, -0.15) is 5.10 Å². The number of hydrogen-bond donors (Lipinski definition) is 0. The fourth-order valence-electron chi connectivity index (χ4n) is 4.24. The summed E-state index contributed by atoms with van der Waals surface area (Å²) in [4.78, 5) is 24.7. The summed E-state index contributed by atoms with van der Waals surface area (Å²) in [6.45, 7) is 3.21. The summed E-state index contributed by atoms with van der Waals surface area (Å²) in [5, 5.41) is 6.15. The second-order valence-electron chi connectivity index (χ2n) is 7.57. The van der Waals surface area contributed by atoms with E-state index in [0.29, 0.717) is 31.2 Å². The molecule has 4 heterocycles. The zero-order valence-electron chi connectivity index (χ0n) is 16.2. The number of anilines is 1. The number of aromatic nitrogens is 3. The first-order chi connectivity index (χ1) is 14.1. The summed E-state index contributed by atoms with van der Waals surface area (Å²) in [5.41, 5.74) is 3.59. The molecule has 1 atom stereocenters. The first kappa shape index (κ1) is 18.1. The van der Waals surface area contributed by atoms with Crippen LogP contribution in [0, 0.1) is 5.82 Å². The minimum atomic E-state index is -0.258. The number of fused-ring (bicyclic) bond motifs is 5. The minimum Gasteiger partial charge on any atom is -0.338 e. The molecule has 1 fully saturated rings. The lowest BCUT2D eigenvalue weighted by molar-refractivity contribution is -0.129. The normalized spacial score (nSPS) is 19.4. The molecule has 1 saturated heterocycles. The monoisotopic (exact) mass is 395 g/mol. The highest BCUT2D eigenvalue weighted by Gasteiger charge is 2.31. The largest absolute Gasteiger partial charge is 0.338 e. The number of carbonyl (C=O) groups is 1. The van der Waals surface area contributed by atoms with Crippen LogP contribution >= 0.6 is 0 Å². The van der Waals surface area contributed by atoms with Crippen molar-refractivity contribution in [3.05, 3.63) is 59.2 Å². The third-order valence-electron chi connectivity index (χ3n) is 5.71. The van der Waals surface area contributed by atoms with Crippen LogP contribution in [-0.2, 0) is 22.6 Å². The van der Waals surface area contributed by atoms with Crippen LogP contribution in [0.4, 0.5) is 10.2 Å². The van der Waals surface area contributed by atoms with Crippen molar-refractivity contribution in [2.75, 3.05) is 18.2 Å². The number of benzene rings is 1. The van der Waals surface area contributed by atoms with Gasteiger partial charge in [-0.15, -0.1) is 0 Å². The van der Waals surface area contributed by atoms with E-state index in [-0.39, 0.29) is 17.8 Å². The van der Waals surface area contributed by atoms with Crippen molar-refractivity contribution in [2.24, 2.45) is 0 Å². The quantitative estimate of drug-likeness (QED) is 0.586. The van der Waals surface area contributed by atoms with E-state index < -0.39 is 0 Å². The number of rotatable bonds is 0. The van der Waals surface area contributed by atoms with Gasteiger partial charge in [0, 0.05) is 37.7 Å². The van der Waals surface area contributed by atoms with Crippen molar-refractivity contribution in [1.29, 1.82) is 0 Å². The highest BCUT2D eigenvalue weighted by molar-refractivity contribution is 5.73. The minimum absolute atomic E-state index is 0.0126. The highest BCUT2D eigenvalue weighted by Crippen LogP contribution is 2.36. The van der Waals surface area contributed by atoms with Crippen LogP contribution in [0.25, 0.3) is 5.65 Å². The maximum absolute atomic E-state index is 14.1. The molecule has 7 nitrogen and oxygen atoms in total. The van der Waals surface area contributed by atoms with Crippen LogP contribution in [-0.4, -0.2) is 38.6 Å². The van der Waals surface area contributed by atoms with E-state index in [9.17, 15) is 9.18 Å². The number of nitrogens with zero attached hydrogens (tertiary/aromatic N) is 5. The number of amides is 1. The molecule has 2 aliphatic heterocycles. The van der Waals surface area contributed by atoms with E-state index in [2.05, 4.69) is 5.10 Å². The number of hydrogen-bond acceptors (Lipinski definition) is 5. The van der Waals surface area contributed by atoms with Gasteiger partial charge >= 0.3 is 0 Å². The molecule has 5 rings (SSSR count). The van der Waals surface area contributed by atoms with Gasteiger partial charge in [-0.1, -0.05) is 6.07 Å². The van der Waals surface area contributed by atoms with Gasteiger partial charge in [0.25, 0.3) is 0 Å². The lowest BCUT2D eigenvalue weighted by atomic mass is 9.95. The van der Waals surface area contributed by atoms with Crippen LogP contribution in [0.15, 0.2) is 36.7 Å². The van der Waals surface area contributed by atoms with Crippen LogP contribution in [0.3, 0.4) is 0 Å². The molecule has 1 amide bonds. The second kappa shape index (κ2) is 7.11. The molecule has 1 aromatic carbocycles. The molecule has 0 unspecified atom stereocenters. The molecular weight excluding hydrogens is 373 g/mol. The van der Waals surface area contributed by atoms with Gasteiger partial charge in [0.2, 0.25) is 5.91 Å². The maximum Gasteiger partial charge on any atom is 0.219 e. The Hall–Kier alpha value is -3.00. The van der Waals surface area contributed by atoms with E-state index in [1.165, 1.54) is 6.07 Å². The van der Waals surface area contributed by atoms with Crippen molar-refractivity contribution in [2.45, 2.75) is 38.8 Å². The molecule has 0 radical (unpaired) electrons. The Labute approximate surface area is 167 Å². The van der Waals surface area contributed by atoms with E-state index in [1.807, 2.05) is 23.2 Å². The fourth-order valence-corrected chi connectivity index (χ4v) is 4.24. The summed E-state index contributed by atoms with van der Waals surface area (Å²) >= 11 is 0. The summed E-state index contributed by atoms with van der Waals surface area (Å²) < 4.78 is 15.8. The van der Waals surface area contributed by atoms with Crippen molar-refractivity contribution in [3.8, 4) is 0 Å². The smallest absolute Gasteiger partial charge is 0.219 e. The number of hydroxylamine groups is 1. The van der Waals surface area contributed by atoms with Crippen molar-refractivity contribution >= 4 is 17.4 Å². The SMILES string of the molecule is CC(=O)N1CCCc2ccc(F)cc2[C@H]2CCON2c2ccn3ncc(c3n2)C1. The van der Waals surface area contributed by atoms with Gasteiger partial charge in [-0.25, -0.2) is 19.0 Å². The third kappa shape index (κ3) is 3.23. The van der Waals surface area contributed by atoms with E-state index in [4.69, 9.17) is 9.82 Å². The molecule has 29 heavy (non-hydrogen) atoms. The van der Waals surface area contributed by atoms with E-state index >= 15 is 0 Å². The Morgan fingerprint density at radius 1 is 1.28 bits per heavy atom. The van der Waals surface area contributed by atoms with Crippen molar-refractivity contribution < 1.29 is 14.0 Å². The molecule has 0 N–H and O–H groups in total. The Morgan fingerprint density at radius 3 is 3.03 bits per heavy atom. The highest BCUT2D eigenvalue weighted by atomic mass is 19.1. The summed E-state index contributed by atoms with van der Waals surface area (Å²) in [7, 11) is 0. The summed E-state index contributed by atoms with van der Waals surface area (Å²) in [6, 6.07) is 6.70. The Balaban J connectivity index is 1.66. The molecule has 2 aromatic heterocycles. The third-order valence-corrected chi connectivity index (χ3v) is 5.71. The molecule has 2 bridgehead atoms. The summed E-state index contributed by atoms with van der Waals surface area (Å²) in [6.07, 6.45) is 5.91. The van der Waals surface area contributed by atoms with E-state index in [1.54, 1.807) is 28.8 Å². The molecule has 3 aromatic rings. The lowest BCUT2D eigenvalue weighted by Crippen LogP contribution is -2.29. The molecule has 8 heteroatoms. The lowest BCUT2D eigenvalue weighted by Gasteiger charge is -2.25. The topological polar surface area (TPSA) is 63.0 Å². The van der Waals surface area contributed by atoms with Gasteiger partial charge in [-0.3, -0.25) is 9.63 Å². The van der Waals surface area contributed by atoms with Crippen LogP contribution in [0.2, 0.25) is 0 Å². The predicted octanol–water partition coefficient (Wildman–Crippen LogP) is 3.05. The van der Waals surface area contributed by atoms with E-state index in [0.717, 1.165) is 36.0 Å². The van der Waals surface area contributed by atoms with Gasteiger partial charge in [0.05, 0.1) is 25.4 Å². The van der Waals surface area contributed by atoms with Crippen molar-refractivity contribution in [3.63, 3.8) is 0 Å². The van der Waals surface area contributed by atoms with Gasteiger partial charge in [0.1, 0.15) is 5.82 Å². The Bertz CT molecular complexity index is 1080. The average Bonchev–Trinajstić information content (AvgIpc) is 3.34.